The Balaban J connectivity index is 0.00000264. The molecule has 0 aromatic heterocycles. The van der Waals surface area contributed by atoms with Crippen LogP contribution in [0.1, 0.15) is 22.8 Å². The van der Waals surface area contributed by atoms with Crippen LogP contribution in [0.25, 0.3) is 0 Å². The quantitative estimate of drug-likeness (QED) is 0.799. The molecule has 0 bridgehead atoms. The number of anilines is 1. The maximum absolute atomic E-state index is 12.2. The predicted molar refractivity (Wildman–Crippen MR) is 97.8 cm³/mol. The molecule has 0 heterocycles. The third-order valence-electron chi connectivity index (χ3n) is 3.46. The normalized spacial score (nSPS) is 11.6. The first kappa shape index (κ1) is 19.0. The number of nitrogens with zero attached hydrogens (tertiary/aromatic N) is 1. The number of likely N-dealkylation sites (N-methyl/N-ethyl adjacent to an activating group) is 1. The molecule has 0 aliphatic carbocycles. The number of nitrogen functional groups attached to an aromatic ring is 1. The van der Waals surface area contributed by atoms with Crippen LogP contribution in [0.15, 0.2) is 54.6 Å². The van der Waals surface area contributed by atoms with Gasteiger partial charge in [0.25, 0.3) is 5.91 Å². The summed E-state index contributed by atoms with van der Waals surface area (Å²) in [7, 11) is 2.05. The molecular weight excluding hydrogens is 310 g/mol. The molecule has 0 saturated carbocycles. The van der Waals surface area contributed by atoms with Crippen molar-refractivity contribution in [2.45, 2.75) is 19.5 Å². The monoisotopic (exact) mass is 333 g/mol. The Bertz CT molecular complexity index is 619. The van der Waals surface area contributed by atoms with Crippen LogP contribution < -0.4 is 11.1 Å². The van der Waals surface area contributed by atoms with Crippen molar-refractivity contribution in [2.75, 3.05) is 19.3 Å². The zero-order valence-corrected chi connectivity index (χ0v) is 14.3. The molecule has 2 aromatic rings. The number of benzene rings is 2. The summed E-state index contributed by atoms with van der Waals surface area (Å²) in [6.07, 6.45) is 0. The smallest absolute Gasteiger partial charge is 0.253 e. The van der Waals surface area contributed by atoms with Gasteiger partial charge in [-0.15, -0.1) is 12.4 Å². The second-order valence-electron chi connectivity index (χ2n) is 5.64. The standard InChI is InChI=1S/C18H23N3O.ClH/c1-14(12-21(2)13-15-8-4-3-5-9-15)20-18(22)16-10-6-7-11-17(16)19;/h3-11,14H,12-13,19H2,1-2H3,(H,20,22);1H. The Morgan fingerprint density at radius 3 is 2.39 bits per heavy atom. The Morgan fingerprint density at radius 1 is 1.13 bits per heavy atom. The molecule has 1 atom stereocenters. The highest BCUT2D eigenvalue weighted by molar-refractivity contribution is 5.99. The van der Waals surface area contributed by atoms with Gasteiger partial charge < -0.3 is 16.0 Å². The molecule has 1 unspecified atom stereocenters. The minimum atomic E-state index is -0.126. The van der Waals surface area contributed by atoms with Gasteiger partial charge in [0, 0.05) is 24.8 Å². The number of hydrogen-bond donors (Lipinski definition) is 2. The predicted octanol–water partition coefficient (Wildman–Crippen LogP) is 2.94. The number of halogens is 1. The van der Waals surface area contributed by atoms with E-state index in [2.05, 4.69) is 22.3 Å². The lowest BCUT2D eigenvalue weighted by atomic mass is 10.1. The third kappa shape index (κ3) is 5.93. The van der Waals surface area contributed by atoms with Crippen LogP contribution in [0.5, 0.6) is 0 Å². The minimum Gasteiger partial charge on any atom is -0.398 e. The van der Waals surface area contributed by atoms with E-state index in [0.29, 0.717) is 11.3 Å². The van der Waals surface area contributed by atoms with Crippen LogP contribution in [0.2, 0.25) is 0 Å². The molecule has 0 radical (unpaired) electrons. The number of rotatable bonds is 6. The van der Waals surface area contributed by atoms with Crippen LogP contribution in [0.4, 0.5) is 5.69 Å². The van der Waals surface area contributed by atoms with E-state index in [-0.39, 0.29) is 24.4 Å². The number of carbonyl (C=O) groups is 1. The molecule has 2 rings (SSSR count). The molecule has 2 aromatic carbocycles. The molecule has 0 aliphatic rings. The zero-order valence-electron chi connectivity index (χ0n) is 13.5. The van der Waals surface area contributed by atoms with E-state index < -0.39 is 0 Å². The lowest BCUT2D eigenvalue weighted by molar-refractivity contribution is 0.0932. The SMILES string of the molecule is CC(CN(C)Cc1ccccc1)NC(=O)c1ccccc1N.Cl. The first-order valence-electron chi connectivity index (χ1n) is 7.44. The average Bonchev–Trinajstić information content (AvgIpc) is 2.48. The topological polar surface area (TPSA) is 58.4 Å². The molecule has 1 amide bonds. The van der Waals surface area contributed by atoms with Crippen LogP contribution in [-0.4, -0.2) is 30.4 Å². The van der Waals surface area contributed by atoms with E-state index in [1.807, 2.05) is 44.3 Å². The summed E-state index contributed by atoms with van der Waals surface area (Å²) >= 11 is 0. The maximum atomic E-state index is 12.2. The van der Waals surface area contributed by atoms with E-state index in [1.54, 1.807) is 12.1 Å². The summed E-state index contributed by atoms with van der Waals surface area (Å²) < 4.78 is 0. The average molecular weight is 334 g/mol. The molecule has 4 nitrogen and oxygen atoms in total. The van der Waals surface area contributed by atoms with Crippen LogP contribution >= 0.6 is 12.4 Å². The van der Waals surface area contributed by atoms with E-state index >= 15 is 0 Å². The van der Waals surface area contributed by atoms with Gasteiger partial charge in [-0.05, 0) is 31.7 Å². The Labute approximate surface area is 144 Å². The lowest BCUT2D eigenvalue weighted by Crippen LogP contribution is -2.40. The largest absolute Gasteiger partial charge is 0.398 e. The van der Waals surface area contributed by atoms with Gasteiger partial charge >= 0.3 is 0 Å². The van der Waals surface area contributed by atoms with Gasteiger partial charge in [-0.3, -0.25) is 4.79 Å². The summed E-state index contributed by atoms with van der Waals surface area (Å²) in [5.41, 5.74) is 8.12. The fourth-order valence-electron chi connectivity index (χ4n) is 2.48. The Morgan fingerprint density at radius 2 is 1.74 bits per heavy atom. The van der Waals surface area contributed by atoms with Crippen molar-refractivity contribution >= 4 is 24.0 Å². The number of nitrogens with one attached hydrogen (secondary N) is 1. The number of hydrogen-bond acceptors (Lipinski definition) is 3. The second kappa shape index (κ2) is 9.18. The maximum Gasteiger partial charge on any atom is 0.253 e. The first-order valence-corrected chi connectivity index (χ1v) is 7.44. The molecule has 3 N–H and O–H groups in total. The van der Waals surface area contributed by atoms with Crippen molar-refractivity contribution in [3.8, 4) is 0 Å². The number of carbonyl (C=O) groups excluding carboxylic acids is 1. The van der Waals surface area contributed by atoms with Gasteiger partial charge in [-0.2, -0.15) is 0 Å². The van der Waals surface area contributed by atoms with Crippen molar-refractivity contribution in [3.63, 3.8) is 0 Å². The van der Waals surface area contributed by atoms with Gasteiger partial charge in [-0.25, -0.2) is 0 Å². The fourth-order valence-corrected chi connectivity index (χ4v) is 2.48. The second-order valence-corrected chi connectivity index (χ2v) is 5.64. The lowest BCUT2D eigenvalue weighted by Gasteiger charge is -2.22. The van der Waals surface area contributed by atoms with Gasteiger partial charge in [0.1, 0.15) is 0 Å². The van der Waals surface area contributed by atoms with E-state index in [4.69, 9.17) is 5.73 Å². The fraction of sp³-hybridized carbons (Fsp3) is 0.278. The van der Waals surface area contributed by atoms with Crippen LogP contribution in [-0.2, 0) is 6.54 Å². The molecule has 23 heavy (non-hydrogen) atoms. The molecule has 0 aliphatic heterocycles. The summed E-state index contributed by atoms with van der Waals surface area (Å²) in [6.45, 7) is 3.63. The van der Waals surface area contributed by atoms with Gasteiger partial charge in [0.2, 0.25) is 0 Å². The molecule has 5 heteroatoms. The summed E-state index contributed by atoms with van der Waals surface area (Å²) in [5.74, 6) is -0.126. The van der Waals surface area contributed by atoms with Gasteiger partial charge in [0.05, 0.1) is 5.56 Å². The van der Waals surface area contributed by atoms with Crippen LogP contribution in [0.3, 0.4) is 0 Å². The number of amides is 1. The van der Waals surface area contributed by atoms with Crippen molar-refractivity contribution in [1.82, 2.24) is 10.2 Å². The molecular formula is C18H24ClN3O. The van der Waals surface area contributed by atoms with E-state index in [0.717, 1.165) is 13.1 Å². The highest BCUT2D eigenvalue weighted by Crippen LogP contribution is 2.10. The van der Waals surface area contributed by atoms with E-state index in [9.17, 15) is 4.79 Å². The zero-order chi connectivity index (χ0) is 15.9. The number of nitrogens with two attached hydrogens (primary N) is 1. The van der Waals surface area contributed by atoms with Crippen molar-refractivity contribution in [2.24, 2.45) is 0 Å². The van der Waals surface area contributed by atoms with Crippen LogP contribution in [0, 0.1) is 0 Å². The van der Waals surface area contributed by atoms with Crippen molar-refractivity contribution in [3.05, 3.63) is 65.7 Å². The number of para-hydroxylation sites is 1. The Kier molecular flexibility index (Phi) is 7.59. The summed E-state index contributed by atoms with van der Waals surface area (Å²) in [6, 6.07) is 17.4. The van der Waals surface area contributed by atoms with E-state index in [1.165, 1.54) is 5.56 Å². The molecule has 0 saturated heterocycles. The minimum absolute atomic E-state index is 0. The first-order chi connectivity index (χ1) is 10.6. The Hall–Kier alpha value is -2.04. The van der Waals surface area contributed by atoms with Crippen molar-refractivity contribution < 1.29 is 4.79 Å². The van der Waals surface area contributed by atoms with Crippen molar-refractivity contribution in [1.29, 1.82) is 0 Å². The molecule has 124 valence electrons. The summed E-state index contributed by atoms with van der Waals surface area (Å²) in [4.78, 5) is 14.4. The summed E-state index contributed by atoms with van der Waals surface area (Å²) in [5, 5.41) is 2.99. The molecule has 0 spiro atoms. The van der Waals surface area contributed by atoms with Gasteiger partial charge in [-0.1, -0.05) is 42.5 Å². The molecule has 0 fully saturated rings. The highest BCUT2D eigenvalue weighted by atomic mass is 35.5. The highest BCUT2D eigenvalue weighted by Gasteiger charge is 2.13. The van der Waals surface area contributed by atoms with Gasteiger partial charge in [0.15, 0.2) is 0 Å². The third-order valence-corrected chi connectivity index (χ3v) is 3.46.